The molecule has 0 saturated heterocycles. The van der Waals surface area contributed by atoms with Crippen LogP contribution in [0.4, 0.5) is 0 Å². The first-order valence-electron chi connectivity index (χ1n) is 1.92. The lowest BCUT2D eigenvalue weighted by Gasteiger charge is -1.76. The van der Waals surface area contributed by atoms with Gasteiger partial charge in [0.05, 0.1) is 10.4 Å². The second-order valence-corrected chi connectivity index (χ2v) is 2.39. The van der Waals surface area contributed by atoms with Gasteiger partial charge in [-0.3, -0.25) is 0 Å². The van der Waals surface area contributed by atoms with E-state index in [0.29, 0.717) is 0 Å². The number of rotatable bonds is 0. The van der Waals surface area contributed by atoms with Gasteiger partial charge in [0.1, 0.15) is 0 Å². The molecule has 1 heterocycles. The minimum Gasteiger partial charge on any atom is -0.141 e. The predicted molar refractivity (Wildman–Crippen MR) is 32.9 cm³/mol. The van der Waals surface area contributed by atoms with E-state index >= 15 is 0 Å². The molecule has 0 amide bonds. The van der Waals surface area contributed by atoms with Crippen LogP contribution in [0.1, 0.15) is 5.56 Å². The molecule has 0 fully saturated rings. The van der Waals surface area contributed by atoms with Gasteiger partial charge in [0.25, 0.3) is 0 Å². The maximum absolute atomic E-state index is 5.58. The van der Waals surface area contributed by atoms with Crippen LogP contribution in [-0.2, 0) is 0 Å². The Kier molecular flexibility index (Phi) is 1.35. The van der Waals surface area contributed by atoms with Crippen LogP contribution in [0, 0.1) is 12.3 Å². The third-order valence-electron chi connectivity index (χ3n) is 0.730. The van der Waals surface area contributed by atoms with Gasteiger partial charge in [-0.2, -0.15) is 0 Å². The smallest absolute Gasteiger partial charge is 0.0646 e. The monoisotopic (exact) mass is 131 g/mol. The Labute approximate surface area is 51.7 Å². The quantitative estimate of drug-likeness (QED) is 0.508. The first-order chi connectivity index (χ1) is 3.30. The molecule has 0 aromatic carbocycles. The summed E-state index contributed by atoms with van der Waals surface area (Å²) in [6.45, 7) is 1.97. The Morgan fingerprint density at radius 2 is 2.57 bits per heavy atom. The summed E-state index contributed by atoms with van der Waals surface area (Å²) in [5.41, 5.74) is 1.12. The van der Waals surface area contributed by atoms with Crippen molar-refractivity contribution < 1.29 is 0 Å². The van der Waals surface area contributed by atoms with Crippen molar-refractivity contribution in [1.29, 1.82) is 0 Å². The van der Waals surface area contributed by atoms with Crippen molar-refractivity contribution in [2.75, 3.05) is 0 Å². The Morgan fingerprint density at radius 1 is 1.86 bits per heavy atom. The molecule has 0 aliphatic heterocycles. The highest BCUT2D eigenvalue weighted by Gasteiger charge is 1.90. The molecule has 37 valence electrons. The zero-order chi connectivity index (χ0) is 5.28. The first kappa shape index (κ1) is 5.13. The van der Waals surface area contributed by atoms with E-state index in [0.717, 1.165) is 10.6 Å². The number of hydrogen-bond acceptors (Lipinski definition) is 1. The van der Waals surface area contributed by atoms with E-state index in [-0.39, 0.29) is 0 Å². The summed E-state index contributed by atoms with van der Waals surface area (Å²) < 4.78 is 0. The minimum atomic E-state index is 0.755. The Hall–Kier alpha value is -0.0100. The molecular formula is C5H4ClS. The van der Waals surface area contributed by atoms with E-state index in [1.807, 2.05) is 12.3 Å². The van der Waals surface area contributed by atoms with Crippen molar-refractivity contribution in [1.82, 2.24) is 0 Å². The van der Waals surface area contributed by atoms with Gasteiger partial charge < -0.3 is 0 Å². The molecule has 0 aliphatic rings. The summed E-state index contributed by atoms with van der Waals surface area (Å²) in [5, 5.41) is 5.60. The fraction of sp³-hybridized carbons (Fsp3) is 0.200. The summed E-state index contributed by atoms with van der Waals surface area (Å²) in [4.78, 5) is 0. The topological polar surface area (TPSA) is 0 Å². The van der Waals surface area contributed by atoms with Gasteiger partial charge in [-0.25, -0.2) is 0 Å². The molecule has 0 aliphatic carbocycles. The molecule has 0 N–H and O–H groups in total. The van der Waals surface area contributed by atoms with E-state index < -0.39 is 0 Å². The second kappa shape index (κ2) is 1.85. The summed E-state index contributed by atoms with van der Waals surface area (Å²) in [5.74, 6) is 0. The van der Waals surface area contributed by atoms with E-state index in [9.17, 15) is 0 Å². The molecule has 7 heavy (non-hydrogen) atoms. The molecule has 0 spiro atoms. The third-order valence-corrected chi connectivity index (χ3v) is 2.03. The van der Waals surface area contributed by atoms with E-state index in [1.54, 1.807) is 0 Å². The highest BCUT2D eigenvalue weighted by Crippen LogP contribution is 2.17. The largest absolute Gasteiger partial charge is 0.141 e. The SMILES string of the molecule is Cc1cs[c]c1Cl. The van der Waals surface area contributed by atoms with Crippen LogP contribution in [0.15, 0.2) is 5.38 Å². The molecule has 0 nitrogen and oxygen atoms in total. The van der Waals surface area contributed by atoms with E-state index in [2.05, 4.69) is 5.38 Å². The van der Waals surface area contributed by atoms with E-state index in [4.69, 9.17) is 11.6 Å². The van der Waals surface area contributed by atoms with Gasteiger partial charge in [0, 0.05) is 0 Å². The van der Waals surface area contributed by atoms with Gasteiger partial charge in [0.15, 0.2) is 0 Å². The van der Waals surface area contributed by atoms with Crippen molar-refractivity contribution in [3.8, 4) is 0 Å². The molecule has 0 atom stereocenters. The molecule has 1 aromatic heterocycles. The molecule has 1 radical (unpaired) electrons. The summed E-state index contributed by atoms with van der Waals surface area (Å²) in [6, 6.07) is 0. The molecule has 0 saturated carbocycles. The average molecular weight is 132 g/mol. The lowest BCUT2D eigenvalue weighted by Crippen LogP contribution is -1.56. The Balaban J connectivity index is 3.12. The Morgan fingerprint density at radius 3 is 2.71 bits per heavy atom. The van der Waals surface area contributed by atoms with Gasteiger partial charge in [-0.1, -0.05) is 11.6 Å². The first-order valence-corrected chi connectivity index (χ1v) is 3.18. The van der Waals surface area contributed by atoms with Crippen molar-refractivity contribution in [3.05, 3.63) is 21.3 Å². The number of thiophene rings is 1. The lowest BCUT2D eigenvalue weighted by atomic mass is 10.4. The van der Waals surface area contributed by atoms with Crippen LogP contribution < -0.4 is 0 Å². The molecule has 0 unspecified atom stereocenters. The normalized spacial score (nSPS) is 9.43. The summed E-state index contributed by atoms with van der Waals surface area (Å²) in [6.07, 6.45) is 0. The van der Waals surface area contributed by atoms with Crippen molar-refractivity contribution in [2.45, 2.75) is 6.92 Å². The van der Waals surface area contributed by atoms with Gasteiger partial charge in [0.2, 0.25) is 0 Å². The number of hydrogen-bond donors (Lipinski definition) is 0. The van der Waals surface area contributed by atoms with Gasteiger partial charge >= 0.3 is 0 Å². The summed E-state index contributed by atoms with van der Waals surface area (Å²) in [7, 11) is 0. The minimum absolute atomic E-state index is 0.755. The van der Waals surface area contributed by atoms with Crippen LogP contribution in [0.5, 0.6) is 0 Å². The fourth-order valence-electron chi connectivity index (χ4n) is 0.302. The molecule has 0 bridgehead atoms. The fourth-order valence-corrected chi connectivity index (χ4v) is 1.17. The van der Waals surface area contributed by atoms with Crippen molar-refractivity contribution in [2.24, 2.45) is 0 Å². The van der Waals surface area contributed by atoms with Crippen LogP contribution in [0.2, 0.25) is 5.02 Å². The molecule has 1 aromatic rings. The van der Waals surface area contributed by atoms with Crippen LogP contribution >= 0.6 is 22.9 Å². The van der Waals surface area contributed by atoms with Crippen LogP contribution in [0.25, 0.3) is 0 Å². The highest BCUT2D eigenvalue weighted by molar-refractivity contribution is 7.08. The number of aryl methyl sites for hydroxylation is 1. The van der Waals surface area contributed by atoms with Crippen LogP contribution in [0.3, 0.4) is 0 Å². The van der Waals surface area contributed by atoms with E-state index in [1.165, 1.54) is 11.3 Å². The second-order valence-electron chi connectivity index (χ2n) is 1.33. The highest BCUT2D eigenvalue weighted by atomic mass is 35.5. The lowest BCUT2D eigenvalue weighted by molar-refractivity contribution is 1.55. The zero-order valence-electron chi connectivity index (χ0n) is 3.86. The standard InChI is InChI=1S/C5H4ClS/c1-4-2-7-3-5(4)6/h2H,1H3. The molecule has 1 rings (SSSR count). The number of halogens is 1. The van der Waals surface area contributed by atoms with Gasteiger partial charge in [-0.05, 0) is 17.9 Å². The average Bonchev–Trinajstić information content (AvgIpc) is 1.91. The summed E-state index contributed by atoms with van der Waals surface area (Å²) >= 11 is 7.09. The maximum Gasteiger partial charge on any atom is 0.0646 e. The predicted octanol–water partition coefficient (Wildman–Crippen LogP) is 2.51. The molecule has 2 heteroatoms. The maximum atomic E-state index is 5.58. The van der Waals surface area contributed by atoms with Crippen LogP contribution in [-0.4, -0.2) is 0 Å². The van der Waals surface area contributed by atoms with Gasteiger partial charge in [-0.15, -0.1) is 11.3 Å². The van der Waals surface area contributed by atoms with Crippen molar-refractivity contribution in [3.63, 3.8) is 0 Å². The third kappa shape index (κ3) is 0.956. The van der Waals surface area contributed by atoms with Crippen molar-refractivity contribution >= 4 is 22.9 Å². The zero-order valence-corrected chi connectivity index (χ0v) is 5.44. The molecular weight excluding hydrogens is 128 g/mol. The Bertz CT molecular complexity index is 140.